The van der Waals surface area contributed by atoms with E-state index < -0.39 is 11.5 Å². The molecule has 0 spiro atoms. The van der Waals surface area contributed by atoms with Crippen molar-refractivity contribution in [3.63, 3.8) is 0 Å². The van der Waals surface area contributed by atoms with Crippen molar-refractivity contribution in [1.29, 1.82) is 0 Å². The van der Waals surface area contributed by atoms with Gasteiger partial charge in [0.25, 0.3) is 0 Å². The molecule has 0 saturated heterocycles. The molecule has 1 amide bonds. The number of methoxy groups -OCH3 is 1. The summed E-state index contributed by atoms with van der Waals surface area (Å²) in [5, 5.41) is 11.6. The van der Waals surface area contributed by atoms with Crippen LogP contribution in [0.3, 0.4) is 0 Å². The average Bonchev–Trinajstić information content (AvgIpc) is 2.23. The molecule has 1 rings (SSSR count). The largest absolute Gasteiger partial charge is 0.480 e. The number of carboxylic acid groups (broad SMARTS) is 1. The molecular formula is C12H21NO4. The predicted molar refractivity (Wildman–Crippen MR) is 62.7 cm³/mol. The Kier molecular flexibility index (Phi) is 4.14. The van der Waals surface area contributed by atoms with Gasteiger partial charge in [0.15, 0.2) is 0 Å². The second-order valence-corrected chi connectivity index (χ2v) is 4.96. The maximum absolute atomic E-state index is 11.8. The molecular weight excluding hydrogens is 222 g/mol. The summed E-state index contributed by atoms with van der Waals surface area (Å²) >= 11 is 0. The van der Waals surface area contributed by atoms with Gasteiger partial charge in [-0.1, -0.05) is 6.92 Å². The van der Waals surface area contributed by atoms with Crippen LogP contribution in [0.4, 0.5) is 0 Å². The van der Waals surface area contributed by atoms with Crippen LogP contribution in [0.15, 0.2) is 0 Å². The Balaban J connectivity index is 2.57. The number of carbonyl (C=O) groups excluding carboxylic acids is 1. The number of hydrogen-bond acceptors (Lipinski definition) is 3. The Morgan fingerprint density at radius 2 is 2.06 bits per heavy atom. The molecule has 1 atom stereocenters. The fourth-order valence-electron chi connectivity index (χ4n) is 1.96. The highest BCUT2D eigenvalue weighted by atomic mass is 16.5. The molecule has 0 radical (unpaired) electrons. The lowest BCUT2D eigenvalue weighted by Gasteiger charge is -2.40. The number of aliphatic carboxylic acids is 1. The van der Waals surface area contributed by atoms with Crippen molar-refractivity contribution in [2.24, 2.45) is 0 Å². The number of hydrogen-bond donors (Lipinski definition) is 2. The second kappa shape index (κ2) is 5.04. The summed E-state index contributed by atoms with van der Waals surface area (Å²) in [6.45, 7) is 3.26. The van der Waals surface area contributed by atoms with Gasteiger partial charge in [-0.25, -0.2) is 4.79 Å². The molecule has 98 valence electrons. The summed E-state index contributed by atoms with van der Waals surface area (Å²) in [7, 11) is 1.60. The highest BCUT2D eigenvalue weighted by Gasteiger charge is 2.41. The van der Waals surface area contributed by atoms with Crippen molar-refractivity contribution in [2.45, 2.75) is 57.1 Å². The van der Waals surface area contributed by atoms with E-state index in [0.717, 1.165) is 19.3 Å². The van der Waals surface area contributed by atoms with E-state index in [1.54, 1.807) is 14.0 Å². The lowest BCUT2D eigenvalue weighted by Crippen LogP contribution is -2.54. The van der Waals surface area contributed by atoms with Gasteiger partial charge in [-0.15, -0.1) is 0 Å². The van der Waals surface area contributed by atoms with E-state index in [2.05, 4.69) is 5.32 Å². The van der Waals surface area contributed by atoms with E-state index in [0.29, 0.717) is 6.42 Å². The van der Waals surface area contributed by atoms with Crippen LogP contribution in [-0.4, -0.2) is 35.2 Å². The molecule has 17 heavy (non-hydrogen) atoms. The highest BCUT2D eigenvalue weighted by Crippen LogP contribution is 2.38. The smallest absolute Gasteiger partial charge is 0.329 e. The highest BCUT2D eigenvalue weighted by molar-refractivity contribution is 5.87. The van der Waals surface area contributed by atoms with Gasteiger partial charge < -0.3 is 15.2 Å². The summed E-state index contributed by atoms with van der Waals surface area (Å²) in [6, 6.07) is 0. The van der Waals surface area contributed by atoms with Crippen LogP contribution < -0.4 is 5.32 Å². The van der Waals surface area contributed by atoms with Crippen molar-refractivity contribution < 1.29 is 19.4 Å². The Morgan fingerprint density at radius 1 is 1.47 bits per heavy atom. The van der Waals surface area contributed by atoms with E-state index >= 15 is 0 Å². The number of amides is 1. The monoisotopic (exact) mass is 243 g/mol. The zero-order valence-electron chi connectivity index (χ0n) is 10.7. The first-order valence-corrected chi connectivity index (χ1v) is 5.97. The average molecular weight is 243 g/mol. The van der Waals surface area contributed by atoms with Gasteiger partial charge >= 0.3 is 5.97 Å². The number of nitrogens with one attached hydrogen (secondary N) is 1. The molecule has 0 aromatic rings. The van der Waals surface area contributed by atoms with Crippen LogP contribution >= 0.6 is 0 Å². The van der Waals surface area contributed by atoms with E-state index in [1.165, 1.54) is 6.92 Å². The van der Waals surface area contributed by atoms with E-state index in [9.17, 15) is 9.59 Å². The van der Waals surface area contributed by atoms with Gasteiger partial charge in [-0.3, -0.25) is 4.79 Å². The van der Waals surface area contributed by atoms with Crippen LogP contribution in [-0.2, 0) is 14.3 Å². The number of rotatable bonds is 6. The molecule has 1 aliphatic rings. The first kappa shape index (κ1) is 14.0. The maximum Gasteiger partial charge on any atom is 0.329 e. The second-order valence-electron chi connectivity index (χ2n) is 4.96. The summed E-state index contributed by atoms with van der Waals surface area (Å²) < 4.78 is 5.34. The van der Waals surface area contributed by atoms with Crippen LogP contribution in [0.5, 0.6) is 0 Å². The molecule has 1 fully saturated rings. The third-order valence-electron chi connectivity index (χ3n) is 3.77. The first-order valence-electron chi connectivity index (χ1n) is 5.97. The summed E-state index contributed by atoms with van der Waals surface area (Å²) in [4.78, 5) is 22.9. The summed E-state index contributed by atoms with van der Waals surface area (Å²) in [5.74, 6) is -1.26. The molecule has 1 unspecified atom stereocenters. The first-order chi connectivity index (χ1) is 7.87. The zero-order valence-corrected chi connectivity index (χ0v) is 10.7. The lowest BCUT2D eigenvalue weighted by atomic mass is 9.77. The van der Waals surface area contributed by atoms with Crippen LogP contribution in [0.2, 0.25) is 0 Å². The number of carbonyl (C=O) groups is 2. The van der Waals surface area contributed by atoms with Crippen molar-refractivity contribution >= 4 is 11.9 Å². The Hall–Kier alpha value is -1.10. The zero-order chi connectivity index (χ0) is 13.1. The minimum absolute atomic E-state index is 0.242. The van der Waals surface area contributed by atoms with E-state index in [-0.39, 0.29) is 17.9 Å². The normalized spacial score (nSPS) is 21.1. The van der Waals surface area contributed by atoms with Crippen LogP contribution in [0, 0.1) is 0 Å². The fourth-order valence-corrected chi connectivity index (χ4v) is 1.96. The van der Waals surface area contributed by atoms with Gasteiger partial charge in [0.2, 0.25) is 5.91 Å². The molecule has 2 N–H and O–H groups in total. The van der Waals surface area contributed by atoms with Gasteiger partial charge in [-0.05, 0) is 32.6 Å². The van der Waals surface area contributed by atoms with E-state index in [1.807, 2.05) is 0 Å². The molecule has 0 aromatic heterocycles. The standard InChI is InChI=1S/C12H21NO4/c1-4-11(2,10(15)16)13-9(14)8-12(17-3)6-5-7-12/h4-8H2,1-3H3,(H,13,14)(H,15,16). The van der Waals surface area contributed by atoms with Gasteiger partial charge in [0.05, 0.1) is 12.0 Å². The van der Waals surface area contributed by atoms with Gasteiger partial charge in [-0.2, -0.15) is 0 Å². The van der Waals surface area contributed by atoms with E-state index in [4.69, 9.17) is 9.84 Å². The lowest BCUT2D eigenvalue weighted by molar-refractivity contribution is -0.149. The molecule has 0 aromatic carbocycles. The summed E-state index contributed by atoms with van der Waals surface area (Å²) in [6.07, 6.45) is 3.39. The molecule has 1 aliphatic carbocycles. The minimum atomic E-state index is -1.18. The SMILES string of the molecule is CCC(C)(NC(=O)CC1(OC)CCC1)C(=O)O. The fraction of sp³-hybridized carbons (Fsp3) is 0.833. The van der Waals surface area contributed by atoms with Crippen LogP contribution in [0.1, 0.15) is 46.0 Å². The summed E-state index contributed by atoms with van der Waals surface area (Å²) in [5.41, 5.74) is -1.55. The minimum Gasteiger partial charge on any atom is -0.480 e. The molecule has 0 bridgehead atoms. The molecule has 5 nitrogen and oxygen atoms in total. The molecule has 1 saturated carbocycles. The van der Waals surface area contributed by atoms with Crippen molar-refractivity contribution in [3.05, 3.63) is 0 Å². The van der Waals surface area contributed by atoms with Crippen molar-refractivity contribution in [2.75, 3.05) is 7.11 Å². The Morgan fingerprint density at radius 3 is 2.35 bits per heavy atom. The van der Waals surface area contributed by atoms with Gasteiger partial charge in [0.1, 0.15) is 5.54 Å². The molecule has 5 heteroatoms. The Bertz CT molecular complexity index is 306. The molecule has 0 aliphatic heterocycles. The third kappa shape index (κ3) is 2.97. The molecule has 0 heterocycles. The number of carboxylic acids is 1. The quantitative estimate of drug-likeness (QED) is 0.737. The van der Waals surface area contributed by atoms with Crippen molar-refractivity contribution in [1.82, 2.24) is 5.32 Å². The third-order valence-corrected chi connectivity index (χ3v) is 3.77. The number of ether oxygens (including phenoxy) is 1. The topological polar surface area (TPSA) is 75.6 Å². The predicted octanol–water partition coefficient (Wildman–Crippen LogP) is 1.32. The van der Waals surface area contributed by atoms with Gasteiger partial charge in [0, 0.05) is 7.11 Å². The van der Waals surface area contributed by atoms with Crippen molar-refractivity contribution in [3.8, 4) is 0 Å². The Labute approximate surface area is 102 Å². The van der Waals surface area contributed by atoms with Crippen LogP contribution in [0.25, 0.3) is 0 Å². The maximum atomic E-state index is 11.8.